The topological polar surface area (TPSA) is 117 Å². The summed E-state index contributed by atoms with van der Waals surface area (Å²) < 4.78 is 0. The first kappa shape index (κ1) is 14.0. The highest BCUT2D eigenvalue weighted by Gasteiger charge is 2.22. The summed E-state index contributed by atoms with van der Waals surface area (Å²) in [6, 6.07) is 0. The smallest absolute Gasteiger partial charge is 0.276 e. The van der Waals surface area contributed by atoms with E-state index in [2.05, 4.69) is 25.4 Å². The number of aromatic amines is 2. The lowest BCUT2D eigenvalue weighted by molar-refractivity contribution is 0.0777. The molecule has 0 aliphatic heterocycles. The fourth-order valence-corrected chi connectivity index (χ4v) is 1.89. The van der Waals surface area contributed by atoms with Crippen molar-refractivity contribution >= 4 is 11.6 Å². The van der Waals surface area contributed by atoms with Crippen molar-refractivity contribution in [1.29, 1.82) is 0 Å². The van der Waals surface area contributed by atoms with Crippen LogP contribution in [0.2, 0.25) is 0 Å². The van der Waals surface area contributed by atoms with Crippen molar-refractivity contribution in [2.45, 2.75) is 33.2 Å². The van der Waals surface area contributed by atoms with E-state index in [1.807, 2.05) is 13.8 Å². The van der Waals surface area contributed by atoms with Gasteiger partial charge in [0.05, 0.1) is 17.9 Å². The van der Waals surface area contributed by atoms with Crippen LogP contribution in [0.5, 0.6) is 0 Å². The number of aromatic nitrogens is 5. The molecule has 20 heavy (non-hydrogen) atoms. The molecule has 0 spiro atoms. The van der Waals surface area contributed by atoms with Crippen LogP contribution in [0.1, 0.15) is 47.6 Å². The van der Waals surface area contributed by atoms with Crippen LogP contribution < -0.4 is 5.73 Å². The zero-order chi connectivity index (χ0) is 14.9. The Morgan fingerprint density at radius 1 is 1.35 bits per heavy atom. The van der Waals surface area contributed by atoms with Gasteiger partial charge < -0.3 is 10.6 Å². The second-order valence-corrected chi connectivity index (χ2v) is 5.05. The highest BCUT2D eigenvalue weighted by atomic mass is 16.2. The lowest BCUT2D eigenvalue weighted by Gasteiger charge is -2.14. The summed E-state index contributed by atoms with van der Waals surface area (Å²) in [5.74, 6) is 1.19. The number of nitrogens with two attached hydrogens (primary N) is 1. The second kappa shape index (κ2) is 5.32. The number of rotatable bonds is 4. The van der Waals surface area contributed by atoms with Gasteiger partial charge >= 0.3 is 0 Å². The molecule has 0 atom stereocenters. The fraction of sp³-hybridized carbons (Fsp3) is 0.500. The Morgan fingerprint density at radius 3 is 2.55 bits per heavy atom. The average molecular weight is 277 g/mol. The van der Waals surface area contributed by atoms with Crippen LogP contribution in [-0.4, -0.2) is 43.2 Å². The molecule has 2 aromatic rings. The third-order valence-corrected chi connectivity index (χ3v) is 2.98. The highest BCUT2D eigenvalue weighted by molar-refractivity contribution is 5.97. The lowest BCUT2D eigenvalue weighted by atomic mass is 10.1. The van der Waals surface area contributed by atoms with E-state index in [0.29, 0.717) is 23.9 Å². The van der Waals surface area contributed by atoms with Crippen LogP contribution in [0.25, 0.3) is 0 Å². The first-order valence-corrected chi connectivity index (χ1v) is 6.37. The molecule has 2 aromatic heterocycles. The Morgan fingerprint density at radius 2 is 2.05 bits per heavy atom. The van der Waals surface area contributed by atoms with E-state index in [9.17, 15) is 4.79 Å². The van der Waals surface area contributed by atoms with E-state index in [1.165, 1.54) is 4.90 Å². The number of carbonyl (C=O) groups excluding carboxylic acids is 1. The van der Waals surface area contributed by atoms with E-state index in [-0.39, 0.29) is 17.5 Å². The minimum absolute atomic E-state index is 0.185. The molecule has 2 heterocycles. The number of nitrogen functional groups attached to an aromatic ring is 1. The predicted octanol–water partition coefficient (Wildman–Crippen LogP) is 0.814. The zero-order valence-electron chi connectivity index (χ0n) is 12.1. The number of nitrogens with one attached hydrogen (secondary N) is 2. The highest BCUT2D eigenvalue weighted by Crippen LogP contribution is 2.23. The Hall–Kier alpha value is -2.38. The number of H-pyrrole nitrogens is 2. The van der Waals surface area contributed by atoms with Crippen molar-refractivity contribution in [3.05, 3.63) is 23.0 Å². The van der Waals surface area contributed by atoms with Gasteiger partial charge in [0.1, 0.15) is 5.82 Å². The van der Waals surface area contributed by atoms with Crippen molar-refractivity contribution < 1.29 is 4.79 Å². The molecular formula is C12H19N7O. The number of hydrogen-bond donors (Lipinski definition) is 3. The fourth-order valence-electron chi connectivity index (χ4n) is 1.89. The maximum absolute atomic E-state index is 12.3. The standard InChI is InChI=1S/C12H19N7O/c1-6(2)10-9(13)11(18-17-10)12(20)19(4)5-8-14-7(3)15-16-8/h6H,5,13H2,1-4H3,(H,17,18)(H,14,15,16). The van der Waals surface area contributed by atoms with Gasteiger partial charge in [-0.25, -0.2) is 4.98 Å². The van der Waals surface area contributed by atoms with Gasteiger partial charge in [0.15, 0.2) is 11.5 Å². The van der Waals surface area contributed by atoms with Crippen LogP contribution in [0, 0.1) is 6.92 Å². The van der Waals surface area contributed by atoms with Gasteiger partial charge in [0.2, 0.25) is 0 Å². The summed E-state index contributed by atoms with van der Waals surface area (Å²) in [4.78, 5) is 18.0. The van der Waals surface area contributed by atoms with Crippen LogP contribution in [0.15, 0.2) is 0 Å². The molecule has 0 radical (unpaired) electrons. The lowest BCUT2D eigenvalue weighted by Crippen LogP contribution is -2.27. The largest absolute Gasteiger partial charge is 0.395 e. The molecule has 108 valence electrons. The van der Waals surface area contributed by atoms with Crippen LogP contribution in [0.4, 0.5) is 5.69 Å². The molecule has 4 N–H and O–H groups in total. The van der Waals surface area contributed by atoms with Crippen molar-refractivity contribution in [3.8, 4) is 0 Å². The Bertz CT molecular complexity index is 613. The maximum atomic E-state index is 12.3. The summed E-state index contributed by atoms with van der Waals surface area (Å²) >= 11 is 0. The molecule has 0 unspecified atom stereocenters. The molecule has 0 saturated heterocycles. The van der Waals surface area contributed by atoms with Gasteiger partial charge in [-0.05, 0) is 12.8 Å². The van der Waals surface area contributed by atoms with Gasteiger partial charge in [-0.2, -0.15) is 10.2 Å². The molecule has 0 saturated carbocycles. The molecule has 0 fully saturated rings. The number of amides is 1. The van der Waals surface area contributed by atoms with Gasteiger partial charge in [0, 0.05) is 7.05 Å². The normalized spacial score (nSPS) is 11.1. The summed E-state index contributed by atoms with van der Waals surface area (Å²) in [5.41, 5.74) is 7.38. The van der Waals surface area contributed by atoms with Crippen molar-refractivity contribution in [3.63, 3.8) is 0 Å². The van der Waals surface area contributed by atoms with E-state index in [0.717, 1.165) is 5.69 Å². The van der Waals surface area contributed by atoms with Crippen molar-refractivity contribution in [2.24, 2.45) is 0 Å². The maximum Gasteiger partial charge on any atom is 0.276 e. The van der Waals surface area contributed by atoms with Crippen LogP contribution in [0.3, 0.4) is 0 Å². The average Bonchev–Trinajstić information content (AvgIpc) is 2.94. The Kier molecular flexibility index (Phi) is 3.73. The van der Waals surface area contributed by atoms with E-state index in [4.69, 9.17) is 5.73 Å². The van der Waals surface area contributed by atoms with Crippen LogP contribution in [-0.2, 0) is 6.54 Å². The minimum Gasteiger partial charge on any atom is -0.395 e. The molecule has 2 rings (SSSR count). The summed E-state index contributed by atoms with van der Waals surface area (Å²) in [7, 11) is 1.66. The van der Waals surface area contributed by atoms with Gasteiger partial charge in [-0.1, -0.05) is 13.8 Å². The molecule has 8 nitrogen and oxygen atoms in total. The molecule has 1 amide bonds. The molecule has 0 bridgehead atoms. The van der Waals surface area contributed by atoms with Gasteiger partial charge in [-0.15, -0.1) is 0 Å². The van der Waals surface area contributed by atoms with Crippen LogP contribution >= 0.6 is 0 Å². The zero-order valence-corrected chi connectivity index (χ0v) is 12.1. The van der Waals surface area contributed by atoms with Crippen molar-refractivity contribution in [1.82, 2.24) is 30.3 Å². The monoisotopic (exact) mass is 277 g/mol. The number of hydrogen-bond acceptors (Lipinski definition) is 5. The minimum atomic E-state index is -0.256. The van der Waals surface area contributed by atoms with E-state index >= 15 is 0 Å². The summed E-state index contributed by atoms with van der Waals surface area (Å²) in [5, 5.41) is 13.6. The number of carbonyl (C=O) groups is 1. The first-order chi connectivity index (χ1) is 9.40. The third kappa shape index (κ3) is 2.63. The van der Waals surface area contributed by atoms with E-state index in [1.54, 1.807) is 14.0 Å². The van der Waals surface area contributed by atoms with Gasteiger partial charge in [-0.3, -0.25) is 15.0 Å². The number of aryl methyl sites for hydroxylation is 1. The molecule has 8 heteroatoms. The second-order valence-electron chi connectivity index (χ2n) is 5.05. The van der Waals surface area contributed by atoms with Gasteiger partial charge in [0.25, 0.3) is 5.91 Å². The predicted molar refractivity (Wildman–Crippen MR) is 74.0 cm³/mol. The third-order valence-electron chi connectivity index (χ3n) is 2.98. The first-order valence-electron chi connectivity index (χ1n) is 6.37. The Labute approximate surface area is 116 Å². The summed E-state index contributed by atoms with van der Waals surface area (Å²) in [6.45, 7) is 6.07. The summed E-state index contributed by atoms with van der Waals surface area (Å²) in [6.07, 6.45) is 0. The van der Waals surface area contributed by atoms with Crippen molar-refractivity contribution in [2.75, 3.05) is 12.8 Å². The molecule has 0 aliphatic rings. The number of anilines is 1. The molecule has 0 aromatic carbocycles. The van der Waals surface area contributed by atoms with E-state index < -0.39 is 0 Å². The molecular weight excluding hydrogens is 258 g/mol. The Balaban J connectivity index is 2.14. The molecule has 0 aliphatic carbocycles. The quantitative estimate of drug-likeness (QED) is 0.764. The SMILES string of the molecule is Cc1nc(CN(C)C(=O)c2n[nH]c(C(C)C)c2N)n[nH]1. The number of nitrogens with zero attached hydrogens (tertiary/aromatic N) is 4.